The van der Waals surface area contributed by atoms with E-state index in [-0.39, 0.29) is 0 Å². The molecule has 1 heterocycles. The van der Waals surface area contributed by atoms with Gasteiger partial charge in [0.05, 0.1) is 16.4 Å². The lowest BCUT2D eigenvalue weighted by molar-refractivity contribution is 0.605. The molecule has 13 heavy (non-hydrogen) atoms. The summed E-state index contributed by atoms with van der Waals surface area (Å²) < 4.78 is 1.87. The molecule has 0 radical (unpaired) electrons. The summed E-state index contributed by atoms with van der Waals surface area (Å²) in [7, 11) is 1.94. The van der Waals surface area contributed by atoms with Crippen molar-refractivity contribution in [3.05, 3.63) is 16.4 Å². The minimum absolute atomic E-state index is 0.590. The van der Waals surface area contributed by atoms with Gasteiger partial charge in [0.2, 0.25) is 0 Å². The summed E-state index contributed by atoms with van der Waals surface area (Å²) in [5.74, 6) is 0.590. The van der Waals surface area contributed by atoms with Gasteiger partial charge in [-0.25, -0.2) is 0 Å². The number of alkyl halides is 1. The SMILES string of the molecule is Cc1nn(C)c(CC(C)CBr)c1Cl. The number of rotatable bonds is 3. The lowest BCUT2D eigenvalue weighted by atomic mass is 10.1. The fourth-order valence-corrected chi connectivity index (χ4v) is 1.75. The van der Waals surface area contributed by atoms with E-state index in [1.807, 2.05) is 18.7 Å². The highest BCUT2D eigenvalue weighted by molar-refractivity contribution is 9.09. The molecule has 1 unspecified atom stereocenters. The third-order valence-corrected chi connectivity index (χ3v) is 3.66. The number of aryl methyl sites for hydroxylation is 2. The molecule has 0 N–H and O–H groups in total. The maximum Gasteiger partial charge on any atom is 0.0847 e. The number of halogens is 2. The molecule has 0 aliphatic heterocycles. The Bertz CT molecular complexity index is 296. The number of aromatic nitrogens is 2. The molecule has 1 aromatic heterocycles. The standard InChI is InChI=1S/C9H14BrClN2/c1-6(5-10)4-8-9(11)7(2)12-13(8)3/h6H,4-5H2,1-3H3. The van der Waals surface area contributed by atoms with E-state index in [0.717, 1.165) is 28.2 Å². The molecule has 4 heteroatoms. The van der Waals surface area contributed by atoms with Gasteiger partial charge in [0.15, 0.2) is 0 Å². The Balaban J connectivity index is 2.87. The summed E-state index contributed by atoms with van der Waals surface area (Å²) in [5.41, 5.74) is 2.05. The van der Waals surface area contributed by atoms with Crippen molar-refractivity contribution in [3.63, 3.8) is 0 Å². The Hall–Kier alpha value is -0.0200. The maximum absolute atomic E-state index is 6.12. The van der Waals surface area contributed by atoms with Crippen LogP contribution in [0.15, 0.2) is 0 Å². The van der Waals surface area contributed by atoms with Crippen LogP contribution >= 0.6 is 27.5 Å². The normalized spacial score (nSPS) is 13.3. The van der Waals surface area contributed by atoms with E-state index in [9.17, 15) is 0 Å². The molecule has 0 amide bonds. The molecule has 0 aliphatic rings. The van der Waals surface area contributed by atoms with Gasteiger partial charge in [-0.2, -0.15) is 5.10 Å². The van der Waals surface area contributed by atoms with Crippen LogP contribution in [0.5, 0.6) is 0 Å². The molecule has 0 fully saturated rings. The molecule has 0 aliphatic carbocycles. The van der Waals surface area contributed by atoms with Crippen LogP contribution in [-0.4, -0.2) is 15.1 Å². The summed E-state index contributed by atoms with van der Waals surface area (Å²) in [6.07, 6.45) is 0.974. The van der Waals surface area contributed by atoms with Crippen molar-refractivity contribution in [2.75, 3.05) is 5.33 Å². The van der Waals surface area contributed by atoms with Crippen molar-refractivity contribution < 1.29 is 0 Å². The van der Waals surface area contributed by atoms with Crippen molar-refractivity contribution >= 4 is 27.5 Å². The van der Waals surface area contributed by atoms with Gasteiger partial charge in [-0.3, -0.25) is 4.68 Å². The van der Waals surface area contributed by atoms with E-state index < -0.39 is 0 Å². The quantitative estimate of drug-likeness (QED) is 0.769. The molecule has 0 spiro atoms. The average Bonchev–Trinajstić information content (AvgIpc) is 2.32. The minimum atomic E-state index is 0.590. The monoisotopic (exact) mass is 264 g/mol. The fraction of sp³-hybridized carbons (Fsp3) is 0.667. The zero-order valence-electron chi connectivity index (χ0n) is 8.14. The van der Waals surface area contributed by atoms with Gasteiger partial charge >= 0.3 is 0 Å². The van der Waals surface area contributed by atoms with Crippen LogP contribution in [0.3, 0.4) is 0 Å². The van der Waals surface area contributed by atoms with E-state index in [1.54, 1.807) is 0 Å². The van der Waals surface area contributed by atoms with Gasteiger partial charge in [0.1, 0.15) is 0 Å². The highest BCUT2D eigenvalue weighted by atomic mass is 79.9. The first kappa shape index (κ1) is 11.1. The smallest absolute Gasteiger partial charge is 0.0847 e. The first-order valence-electron chi connectivity index (χ1n) is 4.30. The van der Waals surface area contributed by atoms with Crippen molar-refractivity contribution in [1.82, 2.24) is 9.78 Å². The van der Waals surface area contributed by atoms with E-state index in [0.29, 0.717) is 5.92 Å². The average molecular weight is 266 g/mol. The Morgan fingerprint density at radius 1 is 1.62 bits per heavy atom. The Kier molecular flexibility index (Phi) is 3.80. The van der Waals surface area contributed by atoms with Gasteiger partial charge in [0.25, 0.3) is 0 Å². The maximum atomic E-state index is 6.12. The third kappa shape index (κ3) is 2.47. The Labute approximate surface area is 92.4 Å². The summed E-state index contributed by atoms with van der Waals surface area (Å²) in [5, 5.41) is 6.08. The Morgan fingerprint density at radius 2 is 2.23 bits per heavy atom. The fourth-order valence-electron chi connectivity index (χ4n) is 1.29. The predicted molar refractivity (Wildman–Crippen MR) is 59.6 cm³/mol. The number of hydrogen-bond donors (Lipinski definition) is 0. The van der Waals surface area contributed by atoms with Crippen molar-refractivity contribution in [1.29, 1.82) is 0 Å². The van der Waals surface area contributed by atoms with Gasteiger partial charge in [-0.1, -0.05) is 34.5 Å². The first-order valence-corrected chi connectivity index (χ1v) is 5.80. The molecule has 0 aromatic carbocycles. The largest absolute Gasteiger partial charge is 0.271 e. The van der Waals surface area contributed by atoms with Gasteiger partial charge in [-0.05, 0) is 19.3 Å². The van der Waals surface area contributed by atoms with Crippen LogP contribution in [0.2, 0.25) is 5.02 Å². The number of hydrogen-bond acceptors (Lipinski definition) is 1. The zero-order chi connectivity index (χ0) is 10.0. The van der Waals surface area contributed by atoms with Crippen molar-refractivity contribution in [2.45, 2.75) is 20.3 Å². The van der Waals surface area contributed by atoms with Crippen LogP contribution in [0.25, 0.3) is 0 Å². The molecule has 0 saturated heterocycles. The van der Waals surface area contributed by atoms with Crippen LogP contribution in [0, 0.1) is 12.8 Å². The molecule has 0 saturated carbocycles. The lowest BCUT2D eigenvalue weighted by Crippen LogP contribution is -2.06. The molecule has 74 valence electrons. The molecule has 1 aromatic rings. The highest BCUT2D eigenvalue weighted by Crippen LogP contribution is 2.22. The highest BCUT2D eigenvalue weighted by Gasteiger charge is 2.13. The molecular formula is C9H14BrClN2. The Morgan fingerprint density at radius 3 is 2.62 bits per heavy atom. The molecule has 2 nitrogen and oxygen atoms in total. The van der Waals surface area contributed by atoms with Crippen LogP contribution in [0.1, 0.15) is 18.3 Å². The summed E-state index contributed by atoms with van der Waals surface area (Å²) in [6.45, 7) is 4.12. The van der Waals surface area contributed by atoms with Crippen molar-refractivity contribution in [2.24, 2.45) is 13.0 Å². The van der Waals surface area contributed by atoms with Crippen LogP contribution < -0.4 is 0 Å². The lowest BCUT2D eigenvalue weighted by Gasteiger charge is -2.07. The molecule has 1 rings (SSSR count). The van der Waals surface area contributed by atoms with Gasteiger partial charge < -0.3 is 0 Å². The van der Waals surface area contributed by atoms with Gasteiger partial charge in [-0.15, -0.1) is 0 Å². The number of nitrogens with zero attached hydrogens (tertiary/aromatic N) is 2. The van der Waals surface area contributed by atoms with E-state index in [1.165, 1.54) is 0 Å². The van der Waals surface area contributed by atoms with Crippen molar-refractivity contribution in [3.8, 4) is 0 Å². The van der Waals surface area contributed by atoms with Crippen LogP contribution in [-0.2, 0) is 13.5 Å². The second-order valence-electron chi connectivity index (χ2n) is 3.43. The summed E-state index contributed by atoms with van der Waals surface area (Å²) in [6, 6.07) is 0. The van der Waals surface area contributed by atoms with E-state index in [2.05, 4.69) is 28.0 Å². The van der Waals surface area contributed by atoms with E-state index in [4.69, 9.17) is 11.6 Å². The zero-order valence-corrected chi connectivity index (χ0v) is 10.5. The minimum Gasteiger partial charge on any atom is -0.271 e. The van der Waals surface area contributed by atoms with E-state index >= 15 is 0 Å². The topological polar surface area (TPSA) is 17.8 Å². The molecule has 1 atom stereocenters. The first-order chi connectivity index (χ1) is 6.06. The molecule has 0 bridgehead atoms. The summed E-state index contributed by atoms with van der Waals surface area (Å²) >= 11 is 9.57. The van der Waals surface area contributed by atoms with Crippen LogP contribution in [0.4, 0.5) is 0 Å². The second-order valence-corrected chi connectivity index (χ2v) is 4.46. The second kappa shape index (κ2) is 4.47. The summed E-state index contributed by atoms with van der Waals surface area (Å²) in [4.78, 5) is 0. The van der Waals surface area contributed by atoms with Gasteiger partial charge in [0, 0.05) is 12.4 Å². The third-order valence-electron chi connectivity index (χ3n) is 2.07. The molecular weight excluding hydrogens is 251 g/mol. The predicted octanol–water partition coefficient (Wildman–Crippen LogP) is 2.96.